The van der Waals surface area contributed by atoms with Crippen LogP contribution in [0.4, 0.5) is 0 Å². The van der Waals surface area contributed by atoms with Gasteiger partial charge in [0.05, 0.1) is 6.04 Å². The highest BCUT2D eigenvalue weighted by molar-refractivity contribution is 5.38. The molecule has 1 aliphatic rings. The second-order valence-corrected chi connectivity index (χ2v) is 5.63. The van der Waals surface area contributed by atoms with E-state index in [4.69, 9.17) is 5.73 Å². The van der Waals surface area contributed by atoms with Crippen molar-refractivity contribution in [3.8, 4) is 0 Å². The third-order valence-corrected chi connectivity index (χ3v) is 4.37. The molecule has 0 radical (unpaired) electrons. The van der Waals surface area contributed by atoms with E-state index in [1.54, 1.807) is 0 Å². The van der Waals surface area contributed by atoms with Crippen LogP contribution in [0, 0.1) is 6.92 Å². The molecule has 3 rings (SSSR count). The quantitative estimate of drug-likeness (QED) is 0.864. The van der Waals surface area contributed by atoms with E-state index in [-0.39, 0.29) is 6.04 Å². The fourth-order valence-electron chi connectivity index (χ4n) is 2.86. The molecule has 0 heterocycles. The molecule has 19 heavy (non-hydrogen) atoms. The van der Waals surface area contributed by atoms with Crippen LogP contribution in [0.3, 0.4) is 0 Å². The van der Waals surface area contributed by atoms with Crippen LogP contribution in [-0.4, -0.2) is 0 Å². The molecule has 0 amide bonds. The van der Waals surface area contributed by atoms with Crippen LogP contribution in [-0.2, 0) is 0 Å². The summed E-state index contributed by atoms with van der Waals surface area (Å²) in [6, 6.07) is 17.2. The van der Waals surface area contributed by atoms with Gasteiger partial charge in [-0.3, -0.25) is 0 Å². The summed E-state index contributed by atoms with van der Waals surface area (Å²) < 4.78 is 0. The van der Waals surface area contributed by atoms with E-state index in [9.17, 15) is 0 Å². The topological polar surface area (TPSA) is 26.0 Å². The lowest BCUT2D eigenvalue weighted by atomic mass is 9.79. The lowest BCUT2D eigenvalue weighted by Crippen LogP contribution is -2.15. The average Bonchev–Trinajstić information content (AvgIpc) is 2.37. The zero-order valence-electron chi connectivity index (χ0n) is 11.5. The lowest BCUT2D eigenvalue weighted by molar-refractivity contribution is 0.419. The molecular weight excluding hydrogens is 230 g/mol. The number of hydrogen-bond acceptors (Lipinski definition) is 1. The average molecular weight is 251 g/mol. The van der Waals surface area contributed by atoms with Crippen LogP contribution < -0.4 is 5.73 Å². The van der Waals surface area contributed by atoms with Crippen molar-refractivity contribution in [1.29, 1.82) is 0 Å². The van der Waals surface area contributed by atoms with Crippen molar-refractivity contribution in [1.82, 2.24) is 0 Å². The Morgan fingerprint density at radius 2 is 1.84 bits per heavy atom. The summed E-state index contributed by atoms with van der Waals surface area (Å²) in [7, 11) is 0. The van der Waals surface area contributed by atoms with Gasteiger partial charge in [-0.1, -0.05) is 55.0 Å². The minimum absolute atomic E-state index is 0.0128. The van der Waals surface area contributed by atoms with Gasteiger partial charge in [-0.05, 0) is 47.9 Å². The molecule has 2 aromatic carbocycles. The highest BCUT2D eigenvalue weighted by Gasteiger charge is 2.20. The molecule has 0 saturated heterocycles. The molecule has 1 saturated carbocycles. The largest absolute Gasteiger partial charge is 0.320 e. The molecule has 2 aromatic rings. The Bertz CT molecular complexity index is 569. The number of hydrogen-bond donors (Lipinski definition) is 1. The van der Waals surface area contributed by atoms with E-state index in [2.05, 4.69) is 55.5 Å². The standard InChI is InChI=1S/C18H21N/c1-13-6-2-3-11-17(13)18(19)16-10-5-9-15(12-16)14-7-4-8-14/h2-3,5-6,9-12,14,18H,4,7-8,19H2,1H3. The summed E-state index contributed by atoms with van der Waals surface area (Å²) in [4.78, 5) is 0. The van der Waals surface area contributed by atoms with Gasteiger partial charge in [0.2, 0.25) is 0 Å². The first-order valence-corrected chi connectivity index (χ1v) is 7.16. The number of nitrogens with two attached hydrogens (primary N) is 1. The molecule has 1 fully saturated rings. The van der Waals surface area contributed by atoms with E-state index in [1.807, 2.05) is 0 Å². The first-order chi connectivity index (χ1) is 9.25. The van der Waals surface area contributed by atoms with Crippen LogP contribution in [0.2, 0.25) is 0 Å². The summed E-state index contributed by atoms with van der Waals surface area (Å²) in [5.74, 6) is 0.768. The van der Waals surface area contributed by atoms with Gasteiger partial charge in [0, 0.05) is 0 Å². The molecule has 1 unspecified atom stereocenters. The van der Waals surface area contributed by atoms with Crippen molar-refractivity contribution in [2.24, 2.45) is 5.73 Å². The Hall–Kier alpha value is -1.60. The van der Waals surface area contributed by atoms with E-state index in [0.717, 1.165) is 5.92 Å². The van der Waals surface area contributed by atoms with Gasteiger partial charge in [-0.15, -0.1) is 0 Å². The number of rotatable bonds is 3. The summed E-state index contributed by atoms with van der Waals surface area (Å²) in [5.41, 5.74) is 11.6. The van der Waals surface area contributed by atoms with Gasteiger partial charge in [0.1, 0.15) is 0 Å². The summed E-state index contributed by atoms with van der Waals surface area (Å²) in [6.07, 6.45) is 4.05. The molecule has 0 aliphatic heterocycles. The number of aryl methyl sites for hydroxylation is 1. The monoisotopic (exact) mass is 251 g/mol. The molecule has 1 aliphatic carbocycles. The van der Waals surface area contributed by atoms with E-state index < -0.39 is 0 Å². The van der Waals surface area contributed by atoms with Crippen LogP contribution in [0.15, 0.2) is 48.5 Å². The van der Waals surface area contributed by atoms with Crippen molar-refractivity contribution in [3.05, 3.63) is 70.8 Å². The minimum Gasteiger partial charge on any atom is -0.320 e. The molecule has 0 bridgehead atoms. The third-order valence-electron chi connectivity index (χ3n) is 4.37. The maximum atomic E-state index is 6.45. The van der Waals surface area contributed by atoms with Crippen LogP contribution in [0.5, 0.6) is 0 Å². The normalized spacial score (nSPS) is 16.9. The molecule has 1 nitrogen and oxygen atoms in total. The van der Waals surface area contributed by atoms with Crippen molar-refractivity contribution < 1.29 is 0 Å². The van der Waals surface area contributed by atoms with E-state index in [1.165, 1.54) is 41.5 Å². The molecule has 1 heteroatoms. The van der Waals surface area contributed by atoms with Gasteiger partial charge < -0.3 is 5.73 Å². The Morgan fingerprint density at radius 3 is 2.53 bits per heavy atom. The second kappa shape index (κ2) is 5.18. The van der Waals surface area contributed by atoms with Crippen LogP contribution in [0.1, 0.15) is 53.5 Å². The molecular formula is C18H21N. The van der Waals surface area contributed by atoms with Crippen molar-refractivity contribution in [3.63, 3.8) is 0 Å². The van der Waals surface area contributed by atoms with Crippen molar-refractivity contribution in [2.45, 2.75) is 38.1 Å². The Balaban J connectivity index is 1.91. The fourth-order valence-corrected chi connectivity index (χ4v) is 2.86. The first kappa shape index (κ1) is 12.4. The Morgan fingerprint density at radius 1 is 1.05 bits per heavy atom. The predicted molar refractivity (Wildman–Crippen MR) is 80.2 cm³/mol. The van der Waals surface area contributed by atoms with E-state index >= 15 is 0 Å². The summed E-state index contributed by atoms with van der Waals surface area (Å²) in [5, 5.41) is 0. The van der Waals surface area contributed by atoms with Crippen LogP contribution in [0.25, 0.3) is 0 Å². The highest BCUT2D eigenvalue weighted by atomic mass is 14.6. The maximum absolute atomic E-state index is 6.45. The molecule has 0 aromatic heterocycles. The van der Waals surface area contributed by atoms with Gasteiger partial charge in [0.25, 0.3) is 0 Å². The van der Waals surface area contributed by atoms with Gasteiger partial charge in [-0.25, -0.2) is 0 Å². The van der Waals surface area contributed by atoms with Gasteiger partial charge in [0.15, 0.2) is 0 Å². The minimum atomic E-state index is -0.0128. The number of benzene rings is 2. The zero-order valence-corrected chi connectivity index (χ0v) is 11.5. The SMILES string of the molecule is Cc1ccccc1C(N)c1cccc(C2CCC2)c1. The van der Waals surface area contributed by atoms with E-state index in [0.29, 0.717) is 0 Å². The zero-order chi connectivity index (χ0) is 13.2. The maximum Gasteiger partial charge on any atom is 0.0554 e. The van der Waals surface area contributed by atoms with Crippen molar-refractivity contribution in [2.75, 3.05) is 0 Å². The first-order valence-electron chi connectivity index (χ1n) is 7.16. The fraction of sp³-hybridized carbons (Fsp3) is 0.333. The summed E-state index contributed by atoms with van der Waals surface area (Å²) in [6.45, 7) is 2.13. The molecule has 98 valence electrons. The van der Waals surface area contributed by atoms with Crippen LogP contribution >= 0.6 is 0 Å². The smallest absolute Gasteiger partial charge is 0.0554 e. The molecule has 0 spiro atoms. The Kier molecular flexibility index (Phi) is 3.39. The molecule has 2 N–H and O–H groups in total. The highest BCUT2D eigenvalue weighted by Crippen LogP contribution is 2.37. The van der Waals surface area contributed by atoms with Gasteiger partial charge in [-0.2, -0.15) is 0 Å². The third kappa shape index (κ3) is 2.43. The predicted octanol–water partition coefficient (Wildman–Crippen LogP) is 4.31. The van der Waals surface area contributed by atoms with Gasteiger partial charge >= 0.3 is 0 Å². The molecule has 1 atom stereocenters. The second-order valence-electron chi connectivity index (χ2n) is 5.63. The van der Waals surface area contributed by atoms with Crippen molar-refractivity contribution >= 4 is 0 Å². The Labute approximate surface area is 115 Å². The summed E-state index contributed by atoms with van der Waals surface area (Å²) >= 11 is 0. The lowest BCUT2D eigenvalue weighted by Gasteiger charge is -2.27.